The summed E-state index contributed by atoms with van der Waals surface area (Å²) in [5.74, 6) is -0.550. The van der Waals surface area contributed by atoms with Crippen LogP contribution in [0, 0.1) is 5.92 Å². The molecule has 1 aromatic rings. The maximum absolute atomic E-state index is 12.8. The van der Waals surface area contributed by atoms with Crippen LogP contribution in [0.4, 0.5) is 24.5 Å². The molecule has 0 bridgehead atoms. The molecule has 31 heavy (non-hydrogen) atoms. The van der Waals surface area contributed by atoms with Crippen molar-refractivity contribution in [2.45, 2.75) is 83.5 Å². The summed E-state index contributed by atoms with van der Waals surface area (Å²) < 4.78 is 49.1. The Morgan fingerprint density at radius 1 is 1.35 bits per heavy atom. The van der Waals surface area contributed by atoms with Gasteiger partial charge in [-0.3, -0.25) is 4.79 Å². The average Bonchev–Trinajstić information content (AvgIpc) is 2.66. The lowest BCUT2D eigenvalue weighted by Gasteiger charge is -2.32. The minimum atomic E-state index is -4.28. The lowest BCUT2D eigenvalue weighted by molar-refractivity contribution is -0.146. The largest absolute Gasteiger partial charge is 0.466 e. The van der Waals surface area contributed by atoms with Crippen LogP contribution in [0.5, 0.6) is 0 Å². The molecule has 1 saturated heterocycles. The normalized spacial score (nSPS) is 20.5. The number of benzene rings is 1. The predicted octanol–water partition coefficient (Wildman–Crippen LogP) is 5.65. The zero-order chi connectivity index (χ0) is 23.0. The fourth-order valence-corrected chi connectivity index (χ4v) is 4.03. The van der Waals surface area contributed by atoms with Crippen molar-refractivity contribution in [1.82, 2.24) is 0 Å². The Kier molecular flexibility index (Phi) is 9.47. The van der Waals surface area contributed by atoms with Gasteiger partial charge in [0, 0.05) is 19.1 Å². The van der Waals surface area contributed by atoms with Crippen molar-refractivity contribution < 1.29 is 27.4 Å². The van der Waals surface area contributed by atoms with Crippen molar-refractivity contribution in [3.05, 3.63) is 23.8 Å². The number of nitrogens with one attached hydrogen (secondary N) is 1. The van der Waals surface area contributed by atoms with Crippen molar-refractivity contribution in [3.8, 4) is 0 Å². The number of alkyl halides is 3. The first kappa shape index (κ1) is 25.3. The Labute approximate surface area is 182 Å². The molecule has 5 nitrogen and oxygen atoms in total. The van der Waals surface area contributed by atoms with Crippen LogP contribution in [0.25, 0.3) is 0 Å². The Morgan fingerprint density at radius 3 is 2.71 bits per heavy atom. The molecule has 8 heteroatoms. The number of nitrogens with two attached hydrogens (primary N) is 1. The standard InChI is InChI=1S/C23H35F3N2O3/c1-4-30-22(29)13-17(7-9-23(24,25)26)16-5-6-21(20(27)12-16)28-18-8-10-31-19(14-18)11-15(2)3/h5-6,12,15,17-19,28H,4,7-11,13-14,27H2,1-3H3. The van der Waals surface area contributed by atoms with Crippen LogP contribution in [0.2, 0.25) is 0 Å². The van der Waals surface area contributed by atoms with Crippen LogP contribution in [0.1, 0.15) is 70.8 Å². The molecule has 1 fully saturated rings. The summed E-state index contributed by atoms with van der Waals surface area (Å²) in [6.07, 6.45) is -2.57. The lowest BCUT2D eigenvalue weighted by Crippen LogP contribution is -2.34. The van der Waals surface area contributed by atoms with E-state index in [0.29, 0.717) is 23.8 Å². The summed E-state index contributed by atoms with van der Waals surface area (Å²) in [6.45, 7) is 6.89. The number of rotatable bonds is 10. The molecule has 0 aromatic heterocycles. The van der Waals surface area contributed by atoms with E-state index in [0.717, 1.165) is 24.9 Å². The number of nitrogen functional groups attached to an aromatic ring is 1. The highest BCUT2D eigenvalue weighted by Crippen LogP contribution is 2.34. The number of hydrogen-bond donors (Lipinski definition) is 2. The molecular formula is C23H35F3N2O3. The topological polar surface area (TPSA) is 73.6 Å². The summed E-state index contributed by atoms with van der Waals surface area (Å²) in [5.41, 5.74) is 8.06. The third-order valence-corrected chi connectivity index (χ3v) is 5.50. The molecule has 1 heterocycles. The number of carbonyl (C=O) groups excluding carboxylic acids is 1. The molecule has 3 unspecified atom stereocenters. The molecule has 0 radical (unpaired) electrons. The number of halogens is 3. The summed E-state index contributed by atoms with van der Waals surface area (Å²) in [5, 5.41) is 3.46. The summed E-state index contributed by atoms with van der Waals surface area (Å²) in [6, 6.07) is 5.45. The van der Waals surface area contributed by atoms with Gasteiger partial charge in [0.25, 0.3) is 0 Å². The minimum Gasteiger partial charge on any atom is -0.466 e. The van der Waals surface area contributed by atoms with Gasteiger partial charge in [0.2, 0.25) is 0 Å². The molecule has 1 aliphatic heterocycles. The van der Waals surface area contributed by atoms with Crippen LogP contribution in [0.3, 0.4) is 0 Å². The van der Waals surface area contributed by atoms with Gasteiger partial charge in [-0.1, -0.05) is 19.9 Å². The van der Waals surface area contributed by atoms with Gasteiger partial charge in [-0.15, -0.1) is 0 Å². The van der Waals surface area contributed by atoms with E-state index in [1.165, 1.54) is 0 Å². The SMILES string of the molecule is CCOC(=O)CC(CCC(F)(F)F)c1ccc(NC2CCOC(CC(C)C)C2)c(N)c1. The highest BCUT2D eigenvalue weighted by molar-refractivity contribution is 5.72. The van der Waals surface area contributed by atoms with Crippen LogP contribution < -0.4 is 11.1 Å². The van der Waals surface area contributed by atoms with Gasteiger partial charge in [0.05, 0.1) is 30.5 Å². The molecule has 0 saturated carbocycles. The average molecular weight is 445 g/mol. The van der Waals surface area contributed by atoms with Gasteiger partial charge >= 0.3 is 12.1 Å². The maximum atomic E-state index is 12.8. The van der Waals surface area contributed by atoms with Crippen molar-refractivity contribution in [3.63, 3.8) is 0 Å². The zero-order valence-electron chi connectivity index (χ0n) is 18.6. The van der Waals surface area contributed by atoms with E-state index in [1.807, 2.05) is 0 Å². The lowest BCUT2D eigenvalue weighted by atomic mass is 9.90. The summed E-state index contributed by atoms with van der Waals surface area (Å²) in [4.78, 5) is 11.9. The monoisotopic (exact) mass is 444 g/mol. The maximum Gasteiger partial charge on any atom is 0.389 e. The highest BCUT2D eigenvalue weighted by Gasteiger charge is 2.30. The van der Waals surface area contributed by atoms with Crippen LogP contribution in [-0.2, 0) is 14.3 Å². The molecule has 0 aliphatic carbocycles. The second-order valence-corrected chi connectivity index (χ2v) is 8.69. The molecule has 1 aromatic carbocycles. The first-order valence-corrected chi connectivity index (χ1v) is 11.1. The number of carbonyl (C=O) groups is 1. The van der Waals surface area contributed by atoms with E-state index in [9.17, 15) is 18.0 Å². The van der Waals surface area contributed by atoms with Gasteiger partial charge < -0.3 is 20.5 Å². The third kappa shape index (κ3) is 8.97. The van der Waals surface area contributed by atoms with E-state index >= 15 is 0 Å². The van der Waals surface area contributed by atoms with E-state index in [1.54, 1.807) is 25.1 Å². The van der Waals surface area contributed by atoms with Gasteiger partial charge in [0.1, 0.15) is 0 Å². The van der Waals surface area contributed by atoms with Crippen LogP contribution in [0.15, 0.2) is 18.2 Å². The second-order valence-electron chi connectivity index (χ2n) is 8.69. The fraction of sp³-hybridized carbons (Fsp3) is 0.696. The van der Waals surface area contributed by atoms with E-state index in [-0.39, 0.29) is 31.6 Å². The summed E-state index contributed by atoms with van der Waals surface area (Å²) >= 11 is 0. The van der Waals surface area contributed by atoms with Crippen LogP contribution >= 0.6 is 0 Å². The highest BCUT2D eigenvalue weighted by atomic mass is 19.4. The Bertz CT molecular complexity index is 710. The number of hydrogen-bond acceptors (Lipinski definition) is 5. The molecular weight excluding hydrogens is 409 g/mol. The predicted molar refractivity (Wildman–Crippen MR) is 116 cm³/mol. The number of ether oxygens (including phenoxy) is 2. The second kappa shape index (κ2) is 11.6. The molecule has 3 atom stereocenters. The minimum absolute atomic E-state index is 0.104. The Hall–Kier alpha value is -1.96. The van der Waals surface area contributed by atoms with Gasteiger partial charge in [-0.2, -0.15) is 13.2 Å². The molecule has 0 amide bonds. The van der Waals surface area contributed by atoms with Crippen molar-refractivity contribution >= 4 is 17.3 Å². The molecule has 1 aliphatic rings. The molecule has 0 spiro atoms. The molecule has 2 rings (SSSR count). The van der Waals surface area contributed by atoms with Gasteiger partial charge in [0.15, 0.2) is 0 Å². The first-order valence-electron chi connectivity index (χ1n) is 11.1. The van der Waals surface area contributed by atoms with Crippen LogP contribution in [-0.4, -0.2) is 37.5 Å². The van der Waals surface area contributed by atoms with Gasteiger partial charge in [-0.25, -0.2) is 0 Å². The smallest absolute Gasteiger partial charge is 0.389 e. The quantitative estimate of drug-likeness (QED) is 0.360. The molecule has 3 N–H and O–H groups in total. The number of anilines is 2. The Balaban J connectivity index is 2.08. The molecule has 176 valence electrons. The van der Waals surface area contributed by atoms with Crippen molar-refractivity contribution in [1.29, 1.82) is 0 Å². The fourth-order valence-electron chi connectivity index (χ4n) is 4.03. The summed E-state index contributed by atoms with van der Waals surface area (Å²) in [7, 11) is 0. The zero-order valence-corrected chi connectivity index (χ0v) is 18.6. The van der Waals surface area contributed by atoms with E-state index < -0.39 is 24.5 Å². The van der Waals surface area contributed by atoms with E-state index in [2.05, 4.69) is 19.2 Å². The number of esters is 1. The van der Waals surface area contributed by atoms with Crippen molar-refractivity contribution in [2.75, 3.05) is 24.3 Å². The van der Waals surface area contributed by atoms with Crippen molar-refractivity contribution in [2.24, 2.45) is 5.92 Å². The Morgan fingerprint density at radius 2 is 2.10 bits per heavy atom. The first-order chi connectivity index (χ1) is 14.6. The van der Waals surface area contributed by atoms with E-state index in [4.69, 9.17) is 15.2 Å². The third-order valence-electron chi connectivity index (χ3n) is 5.50. The van der Waals surface area contributed by atoms with Gasteiger partial charge in [-0.05, 0) is 62.1 Å².